The van der Waals surface area contributed by atoms with Crippen LogP contribution in [0.4, 0.5) is 5.82 Å². The van der Waals surface area contributed by atoms with Gasteiger partial charge in [0.15, 0.2) is 0 Å². The molecule has 6 heteroatoms. The van der Waals surface area contributed by atoms with Crippen molar-refractivity contribution in [2.24, 2.45) is 5.84 Å². The minimum atomic E-state index is -1.32. The SMILES string of the molecule is NNc1[nH]ncc1C(=O)[O-]. The van der Waals surface area contributed by atoms with E-state index in [1.165, 1.54) is 0 Å². The van der Waals surface area contributed by atoms with Crippen molar-refractivity contribution >= 4 is 11.8 Å². The highest BCUT2D eigenvalue weighted by Crippen LogP contribution is 2.06. The summed E-state index contributed by atoms with van der Waals surface area (Å²) in [6.45, 7) is 0. The Morgan fingerprint density at radius 3 is 3.00 bits per heavy atom. The topological polar surface area (TPSA) is 107 Å². The summed E-state index contributed by atoms with van der Waals surface area (Å²) >= 11 is 0. The number of aromatic nitrogens is 2. The van der Waals surface area contributed by atoms with E-state index in [9.17, 15) is 9.90 Å². The number of nitrogens with one attached hydrogen (secondary N) is 2. The molecule has 6 nitrogen and oxygen atoms in total. The molecule has 1 rings (SSSR count). The number of aromatic amines is 1. The van der Waals surface area contributed by atoms with Gasteiger partial charge in [-0.3, -0.25) is 5.10 Å². The molecule has 1 aromatic rings. The van der Waals surface area contributed by atoms with Crippen LogP contribution in [0.3, 0.4) is 0 Å². The van der Waals surface area contributed by atoms with Gasteiger partial charge in [-0.05, 0) is 0 Å². The number of nitrogens with two attached hydrogens (primary N) is 1. The predicted molar refractivity (Wildman–Crippen MR) is 30.7 cm³/mol. The minimum Gasteiger partial charge on any atom is -0.545 e. The lowest BCUT2D eigenvalue weighted by Gasteiger charge is -2.00. The second-order valence-corrected chi connectivity index (χ2v) is 1.59. The number of H-pyrrole nitrogens is 1. The molecule has 0 fully saturated rings. The molecule has 4 N–H and O–H groups in total. The van der Waals surface area contributed by atoms with Gasteiger partial charge in [0.25, 0.3) is 0 Å². The van der Waals surface area contributed by atoms with Gasteiger partial charge in [-0.15, -0.1) is 0 Å². The van der Waals surface area contributed by atoms with Crippen LogP contribution in [0.25, 0.3) is 0 Å². The van der Waals surface area contributed by atoms with Crippen LogP contribution in [-0.4, -0.2) is 16.2 Å². The summed E-state index contributed by atoms with van der Waals surface area (Å²) in [6, 6.07) is 0. The number of hydrogen-bond acceptors (Lipinski definition) is 5. The predicted octanol–water partition coefficient (Wildman–Crippen LogP) is -1.94. The van der Waals surface area contributed by atoms with Gasteiger partial charge in [0, 0.05) is 0 Å². The van der Waals surface area contributed by atoms with Crippen LogP contribution in [0.15, 0.2) is 6.20 Å². The summed E-state index contributed by atoms with van der Waals surface area (Å²) in [7, 11) is 0. The van der Waals surface area contributed by atoms with Crippen LogP contribution < -0.4 is 16.4 Å². The zero-order valence-electron chi connectivity index (χ0n) is 4.92. The molecular weight excluding hydrogens is 136 g/mol. The van der Waals surface area contributed by atoms with E-state index in [1.54, 1.807) is 0 Å². The van der Waals surface area contributed by atoms with Gasteiger partial charge in [-0.1, -0.05) is 0 Å². The van der Waals surface area contributed by atoms with E-state index >= 15 is 0 Å². The third-order valence-corrected chi connectivity index (χ3v) is 1.00. The summed E-state index contributed by atoms with van der Waals surface area (Å²) in [5, 5.41) is 15.9. The number of anilines is 1. The van der Waals surface area contributed by atoms with Crippen LogP contribution >= 0.6 is 0 Å². The molecule has 0 amide bonds. The van der Waals surface area contributed by atoms with Crippen molar-refractivity contribution < 1.29 is 9.90 Å². The number of carbonyl (C=O) groups is 1. The Labute approximate surface area is 56.0 Å². The molecule has 0 aliphatic heterocycles. The number of aromatic carboxylic acids is 1. The molecule has 0 saturated carbocycles. The van der Waals surface area contributed by atoms with Crippen molar-refractivity contribution in [3.63, 3.8) is 0 Å². The second-order valence-electron chi connectivity index (χ2n) is 1.59. The van der Waals surface area contributed by atoms with Crippen molar-refractivity contribution in [2.75, 3.05) is 5.43 Å². The lowest BCUT2D eigenvalue weighted by Crippen LogP contribution is -2.23. The summed E-state index contributed by atoms with van der Waals surface area (Å²) in [5.74, 6) is 3.74. The van der Waals surface area contributed by atoms with Crippen LogP contribution in [-0.2, 0) is 0 Å². The Morgan fingerprint density at radius 2 is 2.60 bits per heavy atom. The van der Waals surface area contributed by atoms with Gasteiger partial charge in [0.2, 0.25) is 0 Å². The Balaban J connectivity index is 3.01. The number of nitrogen functional groups attached to an aromatic ring is 1. The van der Waals surface area contributed by atoms with E-state index in [0.717, 1.165) is 6.20 Å². The van der Waals surface area contributed by atoms with Crippen molar-refractivity contribution in [3.05, 3.63) is 11.8 Å². The fourth-order valence-corrected chi connectivity index (χ4v) is 0.551. The molecule has 10 heavy (non-hydrogen) atoms. The van der Waals surface area contributed by atoms with Crippen molar-refractivity contribution in [3.8, 4) is 0 Å². The zero-order chi connectivity index (χ0) is 7.56. The molecule has 0 aliphatic rings. The molecule has 0 unspecified atom stereocenters. The lowest BCUT2D eigenvalue weighted by atomic mass is 10.3. The number of carboxylic acids is 1. The quantitative estimate of drug-likeness (QED) is 0.328. The maximum absolute atomic E-state index is 10.2. The summed E-state index contributed by atoms with van der Waals surface area (Å²) in [6.07, 6.45) is 1.12. The first-order chi connectivity index (χ1) is 4.75. The van der Waals surface area contributed by atoms with Crippen LogP contribution in [0.1, 0.15) is 10.4 Å². The van der Waals surface area contributed by atoms with Gasteiger partial charge >= 0.3 is 0 Å². The van der Waals surface area contributed by atoms with E-state index in [-0.39, 0.29) is 11.4 Å². The van der Waals surface area contributed by atoms with E-state index in [2.05, 4.69) is 15.6 Å². The zero-order valence-corrected chi connectivity index (χ0v) is 4.92. The monoisotopic (exact) mass is 141 g/mol. The van der Waals surface area contributed by atoms with Crippen LogP contribution in [0, 0.1) is 0 Å². The summed E-state index contributed by atoms with van der Waals surface area (Å²) in [4.78, 5) is 10.2. The number of carboxylic acid groups (broad SMARTS) is 1. The maximum atomic E-state index is 10.2. The summed E-state index contributed by atoms with van der Waals surface area (Å²) < 4.78 is 0. The smallest absolute Gasteiger partial charge is 0.144 e. The fraction of sp³-hybridized carbons (Fsp3) is 0. The Morgan fingerprint density at radius 1 is 1.90 bits per heavy atom. The molecule has 0 radical (unpaired) electrons. The minimum absolute atomic E-state index is 0.0810. The van der Waals surface area contributed by atoms with Crippen molar-refractivity contribution in [2.45, 2.75) is 0 Å². The lowest BCUT2D eigenvalue weighted by molar-refractivity contribution is -0.254. The number of hydrazine groups is 1. The Kier molecular flexibility index (Phi) is 1.55. The maximum Gasteiger partial charge on any atom is 0.144 e. The van der Waals surface area contributed by atoms with E-state index in [4.69, 9.17) is 5.84 Å². The molecule has 0 saturated heterocycles. The number of carbonyl (C=O) groups excluding carboxylic acids is 1. The Bertz CT molecular complexity index is 243. The molecule has 1 heterocycles. The number of rotatable bonds is 2. The third-order valence-electron chi connectivity index (χ3n) is 1.00. The van der Waals surface area contributed by atoms with Crippen LogP contribution in [0.5, 0.6) is 0 Å². The highest BCUT2D eigenvalue weighted by Gasteiger charge is 2.01. The Hall–Kier alpha value is -1.56. The van der Waals surface area contributed by atoms with Crippen LogP contribution in [0.2, 0.25) is 0 Å². The van der Waals surface area contributed by atoms with Gasteiger partial charge in [0.05, 0.1) is 17.7 Å². The largest absolute Gasteiger partial charge is 0.545 e. The van der Waals surface area contributed by atoms with Gasteiger partial charge in [-0.2, -0.15) is 5.10 Å². The molecule has 54 valence electrons. The first-order valence-corrected chi connectivity index (χ1v) is 2.47. The average molecular weight is 141 g/mol. The molecule has 0 spiro atoms. The van der Waals surface area contributed by atoms with E-state index < -0.39 is 5.97 Å². The number of nitrogens with zero attached hydrogens (tertiary/aromatic N) is 1. The van der Waals surface area contributed by atoms with Gasteiger partial charge < -0.3 is 15.3 Å². The third kappa shape index (κ3) is 0.914. The first-order valence-electron chi connectivity index (χ1n) is 2.47. The van der Waals surface area contributed by atoms with Crippen molar-refractivity contribution in [1.82, 2.24) is 10.2 Å². The molecule has 0 aromatic carbocycles. The molecule has 0 atom stereocenters. The first kappa shape index (κ1) is 6.56. The van der Waals surface area contributed by atoms with Crippen molar-refractivity contribution in [1.29, 1.82) is 0 Å². The second kappa shape index (κ2) is 2.36. The van der Waals surface area contributed by atoms with Gasteiger partial charge in [-0.25, -0.2) is 5.84 Å². The number of hydrogen-bond donors (Lipinski definition) is 3. The summed E-state index contributed by atoms with van der Waals surface area (Å²) in [5.41, 5.74) is 2.04. The molecular formula is C4H5N4O2-. The highest BCUT2D eigenvalue weighted by atomic mass is 16.4. The highest BCUT2D eigenvalue weighted by molar-refractivity contribution is 5.91. The van der Waals surface area contributed by atoms with E-state index in [1.807, 2.05) is 0 Å². The molecule has 0 bridgehead atoms. The van der Waals surface area contributed by atoms with Gasteiger partial charge in [0.1, 0.15) is 5.82 Å². The fourth-order valence-electron chi connectivity index (χ4n) is 0.551. The standard InChI is InChI=1S/C4H6N4O2/c5-7-3-2(4(9)10)1-6-8-3/h1H,5H2,(H,9,10)(H2,6,7,8)/p-1. The normalized spacial score (nSPS) is 9.30. The molecule has 0 aliphatic carbocycles. The van der Waals surface area contributed by atoms with E-state index in [0.29, 0.717) is 0 Å². The average Bonchev–Trinajstić information content (AvgIpc) is 2.33. The molecule has 1 aromatic heterocycles.